The first-order chi connectivity index (χ1) is 13.2. The van der Waals surface area contributed by atoms with Gasteiger partial charge in [-0.05, 0) is 49.6 Å². The van der Waals surface area contributed by atoms with Crippen LogP contribution in [0.15, 0.2) is 59.8 Å². The number of nitrogens with zero attached hydrogens (tertiary/aromatic N) is 2. The topological polar surface area (TPSA) is 72.4 Å². The number of imidazole rings is 1. The van der Waals surface area contributed by atoms with E-state index in [9.17, 15) is 4.79 Å². The molecule has 3 N–H and O–H groups in total. The van der Waals surface area contributed by atoms with Gasteiger partial charge < -0.3 is 15.5 Å². The predicted molar refractivity (Wildman–Crippen MR) is 123 cm³/mol. The van der Waals surface area contributed by atoms with Gasteiger partial charge >= 0.3 is 0 Å². The van der Waals surface area contributed by atoms with E-state index in [2.05, 4.69) is 10.3 Å². The molecule has 0 aliphatic heterocycles. The first-order valence-electron chi connectivity index (χ1n) is 9.40. The second kappa shape index (κ2) is 10.9. The van der Waals surface area contributed by atoms with E-state index in [4.69, 9.17) is 5.73 Å². The van der Waals surface area contributed by atoms with E-state index in [0.29, 0.717) is 12.5 Å². The Kier molecular flexibility index (Phi) is 8.83. The van der Waals surface area contributed by atoms with Crippen molar-refractivity contribution in [3.8, 4) is 0 Å². The molecule has 0 radical (unpaired) electrons. The maximum absolute atomic E-state index is 12.9. The van der Waals surface area contributed by atoms with Crippen molar-refractivity contribution in [3.63, 3.8) is 0 Å². The highest BCUT2D eigenvalue weighted by atomic mass is 35.5. The minimum Gasteiger partial charge on any atom is -0.349 e. The average Bonchev–Trinajstić information content (AvgIpc) is 3.32. The second-order valence-electron chi connectivity index (χ2n) is 6.99. The molecule has 2 atom stereocenters. The molecule has 2 heterocycles. The lowest BCUT2D eigenvalue weighted by Gasteiger charge is -2.20. The number of thioether (sulfide) groups is 1. The lowest BCUT2D eigenvalue weighted by molar-refractivity contribution is 0.0926. The van der Waals surface area contributed by atoms with E-state index in [1.54, 1.807) is 11.8 Å². The molecule has 3 aromatic rings. The number of nitrogens with one attached hydrogen (secondary N) is 1. The molecule has 1 amide bonds. The van der Waals surface area contributed by atoms with Gasteiger partial charge in [-0.25, -0.2) is 4.98 Å². The molecule has 5 nitrogen and oxygen atoms in total. The van der Waals surface area contributed by atoms with Crippen LogP contribution in [-0.2, 0) is 5.75 Å². The number of carbonyl (C=O) groups is 1. The first-order valence-corrected chi connectivity index (χ1v) is 10.4. The summed E-state index contributed by atoms with van der Waals surface area (Å²) < 4.78 is 2.02. The maximum Gasteiger partial charge on any atom is 0.252 e. The van der Waals surface area contributed by atoms with Crippen molar-refractivity contribution in [2.45, 2.75) is 36.0 Å². The number of amides is 1. The SMILES string of the molecule is Cl.Cl.NCC1CCCC1NC(=O)c1ccccc1SCc1cn2ccccc2n1. The van der Waals surface area contributed by atoms with E-state index in [1.165, 1.54) is 0 Å². The third-order valence-electron chi connectivity index (χ3n) is 5.20. The molecular weight excluding hydrogens is 427 g/mol. The summed E-state index contributed by atoms with van der Waals surface area (Å²) in [7, 11) is 0. The van der Waals surface area contributed by atoms with Gasteiger partial charge in [-0.1, -0.05) is 24.6 Å². The van der Waals surface area contributed by atoms with Crippen LogP contribution in [0.3, 0.4) is 0 Å². The number of halogens is 2. The minimum atomic E-state index is -0.00143. The quantitative estimate of drug-likeness (QED) is 0.545. The summed E-state index contributed by atoms with van der Waals surface area (Å²) in [5.74, 6) is 1.12. The number of hydrogen-bond donors (Lipinski definition) is 2. The van der Waals surface area contributed by atoms with Crippen LogP contribution in [0.4, 0.5) is 0 Å². The first kappa shape index (κ1) is 23.5. The van der Waals surface area contributed by atoms with Gasteiger partial charge in [-0.3, -0.25) is 4.79 Å². The Morgan fingerprint density at radius 3 is 2.76 bits per heavy atom. The van der Waals surface area contributed by atoms with Crippen LogP contribution in [0, 0.1) is 5.92 Å². The number of pyridine rings is 1. The van der Waals surface area contributed by atoms with Crippen LogP contribution in [0.25, 0.3) is 5.65 Å². The van der Waals surface area contributed by atoms with Gasteiger partial charge in [-0.2, -0.15) is 0 Å². The summed E-state index contributed by atoms with van der Waals surface area (Å²) in [6, 6.07) is 13.9. The van der Waals surface area contributed by atoms with Crippen molar-refractivity contribution in [2.75, 3.05) is 6.54 Å². The fourth-order valence-electron chi connectivity index (χ4n) is 3.74. The van der Waals surface area contributed by atoms with Crippen LogP contribution in [0.1, 0.15) is 35.3 Å². The van der Waals surface area contributed by atoms with Crippen molar-refractivity contribution in [1.82, 2.24) is 14.7 Å². The third kappa shape index (κ3) is 5.45. The van der Waals surface area contributed by atoms with Crippen molar-refractivity contribution in [1.29, 1.82) is 0 Å². The van der Waals surface area contributed by atoms with Crippen LogP contribution in [0.5, 0.6) is 0 Å². The van der Waals surface area contributed by atoms with E-state index >= 15 is 0 Å². The van der Waals surface area contributed by atoms with Gasteiger partial charge in [0.05, 0.1) is 11.3 Å². The third-order valence-corrected chi connectivity index (χ3v) is 6.31. The highest BCUT2D eigenvalue weighted by Crippen LogP contribution is 2.28. The van der Waals surface area contributed by atoms with Crippen LogP contribution < -0.4 is 11.1 Å². The Morgan fingerprint density at radius 2 is 1.97 bits per heavy atom. The molecule has 8 heteroatoms. The van der Waals surface area contributed by atoms with E-state index in [0.717, 1.165) is 46.8 Å². The second-order valence-corrected chi connectivity index (χ2v) is 8.01. The Morgan fingerprint density at radius 1 is 1.17 bits per heavy atom. The average molecular weight is 453 g/mol. The largest absolute Gasteiger partial charge is 0.349 e. The zero-order valence-electron chi connectivity index (χ0n) is 16.0. The van der Waals surface area contributed by atoms with E-state index < -0.39 is 0 Å². The molecule has 2 unspecified atom stereocenters. The molecule has 1 aromatic carbocycles. The number of benzene rings is 1. The number of nitrogens with two attached hydrogens (primary N) is 1. The summed E-state index contributed by atoms with van der Waals surface area (Å²) in [6.07, 6.45) is 7.29. The number of carbonyl (C=O) groups excluding carboxylic acids is 1. The molecule has 1 saturated carbocycles. The number of rotatable bonds is 6. The van der Waals surface area contributed by atoms with E-state index in [-0.39, 0.29) is 36.8 Å². The van der Waals surface area contributed by atoms with Gasteiger partial charge in [0, 0.05) is 29.1 Å². The van der Waals surface area contributed by atoms with Crippen molar-refractivity contribution < 1.29 is 4.79 Å². The monoisotopic (exact) mass is 452 g/mol. The van der Waals surface area contributed by atoms with Gasteiger partial charge in [0.2, 0.25) is 0 Å². The highest BCUT2D eigenvalue weighted by Gasteiger charge is 2.28. The lowest BCUT2D eigenvalue weighted by atomic mass is 10.0. The van der Waals surface area contributed by atoms with Crippen molar-refractivity contribution >= 4 is 48.1 Å². The zero-order chi connectivity index (χ0) is 18.6. The molecule has 156 valence electrons. The molecule has 0 bridgehead atoms. The maximum atomic E-state index is 12.9. The summed E-state index contributed by atoms with van der Waals surface area (Å²) >= 11 is 1.65. The Labute approximate surface area is 187 Å². The van der Waals surface area contributed by atoms with Crippen molar-refractivity contribution in [2.24, 2.45) is 11.7 Å². The fraction of sp³-hybridized carbons (Fsp3) is 0.333. The standard InChI is InChI=1S/C21H24N4OS.2ClH/c22-12-15-6-5-8-18(15)24-21(26)17-7-1-2-9-19(17)27-14-16-13-25-11-4-3-10-20(25)23-16;;/h1-4,7,9-11,13,15,18H,5-6,8,12,14,22H2,(H,24,26);2*1H. The summed E-state index contributed by atoms with van der Waals surface area (Å²) in [4.78, 5) is 18.5. The molecular formula is C21H26Cl2N4OS. The van der Waals surface area contributed by atoms with E-state index in [1.807, 2.05) is 59.3 Å². The Bertz CT molecular complexity index is 916. The zero-order valence-corrected chi connectivity index (χ0v) is 18.4. The van der Waals surface area contributed by atoms with Crippen LogP contribution in [-0.4, -0.2) is 27.9 Å². The molecule has 1 aliphatic rings. The fourth-order valence-corrected chi connectivity index (χ4v) is 4.68. The van der Waals surface area contributed by atoms with Crippen LogP contribution >= 0.6 is 36.6 Å². The molecule has 0 saturated heterocycles. The van der Waals surface area contributed by atoms with Crippen LogP contribution in [0.2, 0.25) is 0 Å². The van der Waals surface area contributed by atoms with Gasteiger partial charge in [0.25, 0.3) is 5.91 Å². The van der Waals surface area contributed by atoms with Gasteiger partial charge in [-0.15, -0.1) is 36.6 Å². The molecule has 0 spiro atoms. The molecule has 29 heavy (non-hydrogen) atoms. The van der Waals surface area contributed by atoms with Gasteiger partial charge in [0.1, 0.15) is 5.65 Å². The van der Waals surface area contributed by atoms with Gasteiger partial charge in [0.15, 0.2) is 0 Å². The Balaban J connectivity index is 0.00000150. The summed E-state index contributed by atoms with van der Waals surface area (Å²) in [5.41, 5.74) is 8.52. The van der Waals surface area contributed by atoms with Crippen molar-refractivity contribution in [3.05, 3.63) is 66.1 Å². The summed E-state index contributed by atoms with van der Waals surface area (Å²) in [5, 5.41) is 3.20. The molecule has 1 fully saturated rings. The highest BCUT2D eigenvalue weighted by molar-refractivity contribution is 7.98. The lowest BCUT2D eigenvalue weighted by Crippen LogP contribution is -2.40. The Hall–Kier alpha value is -1.73. The number of aromatic nitrogens is 2. The number of hydrogen-bond acceptors (Lipinski definition) is 4. The smallest absolute Gasteiger partial charge is 0.252 e. The summed E-state index contributed by atoms with van der Waals surface area (Å²) in [6.45, 7) is 0.634. The normalized spacial score (nSPS) is 18.1. The molecule has 1 aliphatic carbocycles. The molecule has 4 rings (SSSR count). The minimum absolute atomic E-state index is 0. The number of fused-ring (bicyclic) bond motifs is 1. The molecule has 2 aromatic heterocycles. The predicted octanol–water partition coefficient (Wildman–Crippen LogP) is 4.33.